The number of thioether (sulfide) groups is 1. The molecule has 1 atom stereocenters. The number of aromatic amines is 1. The zero-order valence-electron chi connectivity index (χ0n) is 17.4. The topological polar surface area (TPSA) is 138 Å². The van der Waals surface area contributed by atoms with Crippen LogP contribution in [0.4, 0.5) is 16.4 Å². The molecule has 11 nitrogen and oxygen atoms in total. The average Bonchev–Trinajstić information content (AvgIpc) is 3.18. The lowest BCUT2D eigenvalue weighted by molar-refractivity contribution is -0.113. The number of anilines is 2. The quantitative estimate of drug-likeness (QED) is 0.451. The van der Waals surface area contributed by atoms with Gasteiger partial charge in [0.2, 0.25) is 5.91 Å². The van der Waals surface area contributed by atoms with Gasteiger partial charge in [-0.1, -0.05) is 12.1 Å². The number of amides is 2. The van der Waals surface area contributed by atoms with Crippen LogP contribution in [-0.4, -0.2) is 58.0 Å². The van der Waals surface area contributed by atoms with E-state index >= 15 is 0 Å². The second-order valence-corrected chi connectivity index (χ2v) is 8.62. The lowest BCUT2D eigenvalue weighted by Gasteiger charge is -2.18. The molecule has 3 N–H and O–H groups in total. The predicted molar refractivity (Wildman–Crippen MR) is 123 cm³/mol. The van der Waals surface area contributed by atoms with E-state index in [1.807, 2.05) is 6.07 Å². The van der Waals surface area contributed by atoms with E-state index in [1.165, 1.54) is 16.7 Å². The Morgan fingerprint density at radius 3 is 2.88 bits per heavy atom. The summed E-state index contributed by atoms with van der Waals surface area (Å²) < 4.78 is 6.55. The number of rotatable bonds is 6. The van der Waals surface area contributed by atoms with E-state index in [2.05, 4.69) is 20.6 Å². The van der Waals surface area contributed by atoms with Crippen LogP contribution in [0.25, 0.3) is 10.9 Å². The fourth-order valence-corrected chi connectivity index (χ4v) is 4.53. The number of hydrogen-bond donors (Lipinski definition) is 3. The molecule has 0 saturated carbocycles. The maximum Gasteiger partial charge on any atom is 0.416 e. The highest BCUT2D eigenvalue weighted by molar-refractivity contribution is 8.00. The Balaban J connectivity index is 1.19. The van der Waals surface area contributed by atoms with Crippen molar-refractivity contribution >= 4 is 46.3 Å². The SMILES string of the molecule is O=C1CSc2ccc(N3C[C@@H](CNCCn4c(=O)[nH]c5ccccc5c4=O)OC3=O)nc2N1. The third-order valence-electron chi connectivity index (χ3n) is 5.38. The van der Waals surface area contributed by atoms with E-state index in [1.54, 1.807) is 30.3 Å². The molecule has 1 aromatic carbocycles. The van der Waals surface area contributed by atoms with Crippen molar-refractivity contribution in [2.45, 2.75) is 17.5 Å². The van der Waals surface area contributed by atoms with E-state index < -0.39 is 17.9 Å². The van der Waals surface area contributed by atoms with Gasteiger partial charge < -0.3 is 20.4 Å². The molecule has 2 aromatic heterocycles. The Morgan fingerprint density at radius 2 is 2.00 bits per heavy atom. The normalized spacial score (nSPS) is 17.7. The molecular formula is C21H20N6O5S. The molecule has 1 fully saturated rings. The largest absolute Gasteiger partial charge is 0.443 e. The molecule has 2 aliphatic rings. The molecule has 12 heteroatoms. The molecule has 0 bridgehead atoms. The van der Waals surface area contributed by atoms with Crippen molar-refractivity contribution in [3.8, 4) is 0 Å². The second-order valence-electron chi connectivity index (χ2n) is 7.61. The molecule has 4 heterocycles. The zero-order chi connectivity index (χ0) is 22.9. The Morgan fingerprint density at radius 1 is 1.15 bits per heavy atom. The van der Waals surface area contributed by atoms with Crippen LogP contribution in [0, 0.1) is 0 Å². The number of H-pyrrole nitrogens is 1. The lowest BCUT2D eigenvalue weighted by Crippen LogP contribution is -2.39. The maximum absolute atomic E-state index is 12.6. The molecule has 33 heavy (non-hydrogen) atoms. The highest BCUT2D eigenvalue weighted by atomic mass is 32.2. The first-order valence-electron chi connectivity index (χ1n) is 10.3. The van der Waals surface area contributed by atoms with Gasteiger partial charge in [-0.3, -0.25) is 19.1 Å². The second kappa shape index (κ2) is 8.71. The summed E-state index contributed by atoms with van der Waals surface area (Å²) in [6.45, 7) is 1.15. The molecule has 0 unspecified atom stereocenters. The van der Waals surface area contributed by atoms with Gasteiger partial charge in [-0.05, 0) is 24.3 Å². The molecule has 5 rings (SSSR count). The molecule has 0 aliphatic carbocycles. The van der Waals surface area contributed by atoms with E-state index in [4.69, 9.17) is 4.74 Å². The zero-order valence-corrected chi connectivity index (χ0v) is 18.2. The fraction of sp³-hybridized carbons (Fsp3) is 0.286. The number of carbonyl (C=O) groups excluding carboxylic acids is 2. The number of ether oxygens (including phenoxy) is 1. The number of aromatic nitrogens is 3. The summed E-state index contributed by atoms with van der Waals surface area (Å²) in [5.74, 6) is 1.05. The van der Waals surface area contributed by atoms with Gasteiger partial charge >= 0.3 is 11.8 Å². The third-order valence-corrected chi connectivity index (χ3v) is 6.43. The smallest absolute Gasteiger partial charge is 0.416 e. The Labute approximate surface area is 191 Å². The van der Waals surface area contributed by atoms with Gasteiger partial charge in [0.15, 0.2) is 0 Å². The van der Waals surface area contributed by atoms with Crippen LogP contribution in [0.5, 0.6) is 0 Å². The predicted octanol–water partition coefficient (Wildman–Crippen LogP) is 0.744. The van der Waals surface area contributed by atoms with E-state index in [0.717, 1.165) is 9.46 Å². The van der Waals surface area contributed by atoms with Crippen LogP contribution in [0.1, 0.15) is 0 Å². The number of fused-ring (bicyclic) bond motifs is 2. The molecule has 0 radical (unpaired) electrons. The van der Waals surface area contributed by atoms with E-state index in [9.17, 15) is 19.2 Å². The fourth-order valence-electron chi connectivity index (χ4n) is 3.77. The van der Waals surface area contributed by atoms with Crippen LogP contribution in [0.2, 0.25) is 0 Å². The van der Waals surface area contributed by atoms with Crippen LogP contribution in [0.3, 0.4) is 0 Å². The van der Waals surface area contributed by atoms with Crippen LogP contribution >= 0.6 is 11.8 Å². The number of nitrogens with one attached hydrogen (secondary N) is 3. The summed E-state index contributed by atoms with van der Waals surface area (Å²) >= 11 is 1.40. The lowest BCUT2D eigenvalue weighted by atomic mass is 10.2. The maximum atomic E-state index is 12.6. The van der Waals surface area contributed by atoms with Crippen molar-refractivity contribution in [1.82, 2.24) is 19.9 Å². The first-order valence-corrected chi connectivity index (χ1v) is 11.3. The Hall–Kier alpha value is -3.64. The van der Waals surface area contributed by atoms with Crippen molar-refractivity contribution < 1.29 is 14.3 Å². The molecule has 170 valence electrons. The minimum Gasteiger partial charge on any atom is -0.443 e. The van der Waals surface area contributed by atoms with Crippen molar-refractivity contribution in [2.75, 3.05) is 35.6 Å². The number of para-hydroxylation sites is 1. The third kappa shape index (κ3) is 4.22. The van der Waals surface area contributed by atoms with Gasteiger partial charge in [0.05, 0.1) is 28.1 Å². The van der Waals surface area contributed by atoms with Gasteiger partial charge in [0.1, 0.15) is 17.7 Å². The monoisotopic (exact) mass is 468 g/mol. The number of carbonyl (C=O) groups is 2. The van der Waals surface area contributed by atoms with Gasteiger partial charge in [0.25, 0.3) is 5.56 Å². The highest BCUT2D eigenvalue weighted by Gasteiger charge is 2.33. The van der Waals surface area contributed by atoms with Crippen LogP contribution < -0.4 is 26.8 Å². The summed E-state index contributed by atoms with van der Waals surface area (Å²) in [6.07, 6.45) is -0.947. The highest BCUT2D eigenvalue weighted by Crippen LogP contribution is 2.32. The summed E-state index contributed by atoms with van der Waals surface area (Å²) in [4.78, 5) is 58.1. The minimum absolute atomic E-state index is 0.132. The van der Waals surface area contributed by atoms with Crippen molar-refractivity contribution in [1.29, 1.82) is 0 Å². The number of nitrogens with zero attached hydrogens (tertiary/aromatic N) is 3. The van der Waals surface area contributed by atoms with Gasteiger partial charge in [-0.25, -0.2) is 14.6 Å². The van der Waals surface area contributed by atoms with E-state index in [-0.39, 0.29) is 24.6 Å². The van der Waals surface area contributed by atoms with Crippen molar-refractivity contribution in [3.05, 3.63) is 57.2 Å². The van der Waals surface area contributed by atoms with Gasteiger partial charge in [-0.2, -0.15) is 0 Å². The first kappa shape index (κ1) is 21.2. The Kier molecular flexibility index (Phi) is 5.60. The molecular weight excluding hydrogens is 448 g/mol. The minimum atomic E-state index is -0.522. The molecule has 3 aromatic rings. The number of benzene rings is 1. The molecule has 0 spiro atoms. The summed E-state index contributed by atoms with van der Waals surface area (Å²) in [6, 6.07) is 10.4. The van der Waals surface area contributed by atoms with Crippen molar-refractivity contribution in [2.24, 2.45) is 0 Å². The molecule has 2 aliphatic heterocycles. The number of pyridine rings is 1. The average molecular weight is 468 g/mol. The summed E-state index contributed by atoms with van der Waals surface area (Å²) in [5, 5.41) is 6.29. The number of cyclic esters (lactones) is 1. The Bertz CT molecular complexity index is 1370. The molecule has 1 saturated heterocycles. The summed E-state index contributed by atoms with van der Waals surface area (Å²) in [5.41, 5.74) is -0.315. The standard InChI is InChI=1S/C21H20N6O5S/c28-17-11-33-15-5-6-16(24-18(15)25-17)27-10-12(32-21(27)31)9-22-7-8-26-19(29)13-3-1-2-4-14(13)23-20(26)30/h1-6,12,22H,7-11H2,(H,23,30)(H,24,25,28)/t12-/m1/s1. The number of hydrogen-bond acceptors (Lipinski definition) is 8. The van der Waals surface area contributed by atoms with E-state index in [0.29, 0.717) is 41.4 Å². The molecule has 2 amide bonds. The van der Waals surface area contributed by atoms with Crippen LogP contribution in [-0.2, 0) is 16.1 Å². The van der Waals surface area contributed by atoms with Gasteiger partial charge in [0, 0.05) is 19.6 Å². The summed E-state index contributed by atoms with van der Waals surface area (Å²) in [7, 11) is 0. The van der Waals surface area contributed by atoms with Gasteiger partial charge in [-0.15, -0.1) is 11.8 Å². The first-order chi connectivity index (χ1) is 16.0. The van der Waals surface area contributed by atoms with Crippen LogP contribution in [0.15, 0.2) is 50.9 Å². The van der Waals surface area contributed by atoms with Crippen molar-refractivity contribution in [3.63, 3.8) is 0 Å².